The number of hydrogen-bond acceptors (Lipinski definition) is 3. The van der Waals surface area contributed by atoms with Crippen molar-refractivity contribution in [2.75, 3.05) is 36.0 Å². The molecule has 1 atom stereocenters. The van der Waals surface area contributed by atoms with Crippen molar-refractivity contribution in [3.8, 4) is 0 Å². The van der Waals surface area contributed by atoms with Crippen molar-refractivity contribution < 1.29 is 14.5 Å². The third-order valence-corrected chi connectivity index (χ3v) is 6.22. The molecule has 2 aliphatic rings. The SMILES string of the molecule is Cc1cccc(C)c1N1C(=O)C[C@@H]([NH+]2CCN(c3ccccc3Cl)CC2)C1=O. The molecule has 2 heterocycles. The average molecular weight is 399 g/mol. The van der Waals surface area contributed by atoms with E-state index < -0.39 is 0 Å². The fourth-order valence-electron chi connectivity index (χ4n) is 4.44. The van der Waals surface area contributed by atoms with Crippen LogP contribution >= 0.6 is 11.6 Å². The molecule has 5 nitrogen and oxygen atoms in total. The summed E-state index contributed by atoms with van der Waals surface area (Å²) < 4.78 is 0. The van der Waals surface area contributed by atoms with Gasteiger partial charge < -0.3 is 9.80 Å². The van der Waals surface area contributed by atoms with Gasteiger partial charge in [0, 0.05) is 0 Å². The molecule has 2 amide bonds. The predicted molar refractivity (Wildman–Crippen MR) is 111 cm³/mol. The van der Waals surface area contributed by atoms with Crippen molar-refractivity contribution in [2.45, 2.75) is 26.3 Å². The lowest BCUT2D eigenvalue weighted by Crippen LogP contribution is -3.19. The lowest BCUT2D eigenvalue weighted by atomic mass is 10.1. The normalized spacial score (nSPS) is 20.9. The van der Waals surface area contributed by atoms with Crippen LogP contribution in [0.15, 0.2) is 42.5 Å². The van der Waals surface area contributed by atoms with E-state index in [1.165, 1.54) is 9.80 Å². The van der Waals surface area contributed by atoms with Gasteiger partial charge in [0.15, 0.2) is 6.04 Å². The van der Waals surface area contributed by atoms with Crippen molar-refractivity contribution in [3.63, 3.8) is 0 Å². The zero-order valence-corrected chi connectivity index (χ0v) is 17.0. The van der Waals surface area contributed by atoms with Crippen LogP contribution in [0.25, 0.3) is 0 Å². The predicted octanol–water partition coefficient (Wildman–Crippen LogP) is 1.99. The minimum absolute atomic E-state index is 0.0661. The molecule has 28 heavy (non-hydrogen) atoms. The Hall–Kier alpha value is -2.37. The molecule has 0 saturated carbocycles. The number of benzene rings is 2. The molecule has 2 aliphatic heterocycles. The number of piperazine rings is 1. The molecule has 0 aromatic heterocycles. The van der Waals surface area contributed by atoms with Gasteiger partial charge in [-0.25, -0.2) is 4.90 Å². The number of para-hydroxylation sites is 2. The molecule has 0 unspecified atom stereocenters. The van der Waals surface area contributed by atoms with Crippen LogP contribution in [0.5, 0.6) is 0 Å². The zero-order valence-electron chi connectivity index (χ0n) is 16.2. The number of amides is 2. The maximum Gasteiger partial charge on any atom is 0.292 e. The molecule has 4 rings (SSSR count). The monoisotopic (exact) mass is 398 g/mol. The average Bonchev–Trinajstić information content (AvgIpc) is 2.97. The summed E-state index contributed by atoms with van der Waals surface area (Å²) in [6.45, 7) is 7.17. The van der Waals surface area contributed by atoms with E-state index in [1.54, 1.807) is 0 Å². The highest BCUT2D eigenvalue weighted by atomic mass is 35.5. The van der Waals surface area contributed by atoms with Crippen molar-refractivity contribution in [2.24, 2.45) is 0 Å². The van der Waals surface area contributed by atoms with Crippen molar-refractivity contribution in [1.29, 1.82) is 0 Å². The standard InChI is InChI=1S/C22H24ClN3O2/c1-15-6-5-7-16(2)21(15)26-20(27)14-19(22(26)28)25-12-10-24(11-13-25)18-9-4-3-8-17(18)23/h3-9,19H,10-14H2,1-2H3/p+1/t19-/m1/s1. The number of carbonyl (C=O) groups is 2. The molecule has 2 aromatic rings. The molecular weight excluding hydrogens is 374 g/mol. The Balaban J connectivity index is 1.49. The quantitative estimate of drug-likeness (QED) is 0.804. The Bertz CT molecular complexity index is 901. The minimum Gasteiger partial charge on any atom is -0.359 e. The van der Waals surface area contributed by atoms with E-state index in [0.717, 1.165) is 53.7 Å². The third-order valence-electron chi connectivity index (χ3n) is 5.90. The molecule has 0 bridgehead atoms. The van der Waals surface area contributed by atoms with Gasteiger partial charge in [-0.2, -0.15) is 0 Å². The summed E-state index contributed by atoms with van der Waals surface area (Å²) >= 11 is 6.33. The lowest BCUT2D eigenvalue weighted by Gasteiger charge is -2.36. The number of halogens is 1. The number of nitrogens with zero attached hydrogens (tertiary/aromatic N) is 2. The van der Waals surface area contributed by atoms with Gasteiger partial charge in [-0.05, 0) is 37.1 Å². The van der Waals surface area contributed by atoms with Gasteiger partial charge in [-0.15, -0.1) is 0 Å². The Morgan fingerprint density at radius 2 is 1.61 bits per heavy atom. The van der Waals surface area contributed by atoms with Gasteiger partial charge in [0.2, 0.25) is 5.91 Å². The van der Waals surface area contributed by atoms with Crippen molar-refractivity contribution >= 4 is 34.8 Å². The molecule has 0 radical (unpaired) electrons. The van der Waals surface area contributed by atoms with E-state index in [9.17, 15) is 9.59 Å². The van der Waals surface area contributed by atoms with Crippen molar-refractivity contribution in [1.82, 2.24) is 0 Å². The number of rotatable bonds is 3. The van der Waals surface area contributed by atoms with E-state index in [1.807, 2.05) is 56.3 Å². The van der Waals surface area contributed by atoms with Crippen LogP contribution in [0, 0.1) is 13.8 Å². The van der Waals surface area contributed by atoms with Gasteiger partial charge in [-0.1, -0.05) is 41.9 Å². The van der Waals surface area contributed by atoms with Gasteiger partial charge in [0.1, 0.15) is 0 Å². The van der Waals surface area contributed by atoms with Crippen LogP contribution in [-0.4, -0.2) is 44.0 Å². The molecule has 6 heteroatoms. The van der Waals surface area contributed by atoms with Crippen LogP contribution in [0.3, 0.4) is 0 Å². The first-order valence-corrected chi connectivity index (χ1v) is 10.1. The van der Waals surface area contributed by atoms with Crippen LogP contribution < -0.4 is 14.7 Å². The van der Waals surface area contributed by atoms with E-state index >= 15 is 0 Å². The highest BCUT2D eigenvalue weighted by molar-refractivity contribution is 6.33. The number of anilines is 2. The smallest absolute Gasteiger partial charge is 0.292 e. The number of nitrogens with one attached hydrogen (secondary N) is 1. The second-order valence-electron chi connectivity index (χ2n) is 7.66. The fraction of sp³-hybridized carbons (Fsp3) is 0.364. The second kappa shape index (κ2) is 7.57. The molecular formula is C22H25ClN3O2+. The summed E-state index contributed by atoms with van der Waals surface area (Å²) in [5, 5.41) is 0.749. The first-order chi connectivity index (χ1) is 13.5. The topological polar surface area (TPSA) is 45.1 Å². The molecule has 1 N–H and O–H groups in total. The van der Waals surface area contributed by atoms with E-state index in [2.05, 4.69) is 4.90 Å². The summed E-state index contributed by atoms with van der Waals surface area (Å²) in [7, 11) is 0. The maximum absolute atomic E-state index is 13.2. The summed E-state index contributed by atoms with van der Waals surface area (Å²) in [6, 6.07) is 13.4. The van der Waals surface area contributed by atoms with Crippen LogP contribution in [-0.2, 0) is 9.59 Å². The van der Waals surface area contributed by atoms with Crippen LogP contribution in [0.2, 0.25) is 5.02 Å². The molecule has 2 fully saturated rings. The van der Waals surface area contributed by atoms with E-state index in [0.29, 0.717) is 0 Å². The molecule has 2 aromatic carbocycles. The molecule has 146 valence electrons. The van der Waals surface area contributed by atoms with Crippen molar-refractivity contribution in [3.05, 3.63) is 58.6 Å². The van der Waals surface area contributed by atoms with E-state index in [4.69, 9.17) is 11.6 Å². The van der Waals surface area contributed by atoms with Crippen LogP contribution in [0.1, 0.15) is 17.5 Å². The third kappa shape index (κ3) is 3.29. The second-order valence-corrected chi connectivity index (χ2v) is 8.07. The van der Waals surface area contributed by atoms with Gasteiger partial charge in [-0.3, -0.25) is 9.59 Å². The molecule has 0 spiro atoms. The number of quaternary nitrogens is 1. The first-order valence-electron chi connectivity index (χ1n) is 9.74. The summed E-state index contributed by atoms with van der Waals surface area (Å²) in [5.41, 5.74) is 3.71. The highest BCUT2D eigenvalue weighted by Crippen LogP contribution is 2.29. The van der Waals surface area contributed by atoms with Gasteiger partial charge in [0.05, 0.1) is 49.0 Å². The first kappa shape index (κ1) is 19.0. The summed E-state index contributed by atoms with van der Waals surface area (Å²) in [4.78, 5) is 30.8. The lowest BCUT2D eigenvalue weighted by molar-refractivity contribution is -0.915. The number of hydrogen-bond donors (Lipinski definition) is 1. The maximum atomic E-state index is 13.2. The Morgan fingerprint density at radius 3 is 2.25 bits per heavy atom. The van der Waals surface area contributed by atoms with Gasteiger partial charge >= 0.3 is 0 Å². The number of imide groups is 1. The fourth-order valence-corrected chi connectivity index (χ4v) is 4.69. The van der Waals surface area contributed by atoms with Crippen LogP contribution in [0.4, 0.5) is 11.4 Å². The van der Waals surface area contributed by atoms with E-state index in [-0.39, 0.29) is 24.3 Å². The Kier molecular flexibility index (Phi) is 5.13. The summed E-state index contributed by atoms with van der Waals surface area (Å²) in [5.74, 6) is -0.156. The van der Waals surface area contributed by atoms with Gasteiger partial charge in [0.25, 0.3) is 5.91 Å². The number of aryl methyl sites for hydroxylation is 2. The molecule has 2 saturated heterocycles. The molecule has 0 aliphatic carbocycles. The Labute approximate surface area is 170 Å². The zero-order chi connectivity index (χ0) is 19.8. The highest BCUT2D eigenvalue weighted by Gasteiger charge is 2.47. The number of carbonyl (C=O) groups excluding carboxylic acids is 2. The largest absolute Gasteiger partial charge is 0.359 e. The summed E-state index contributed by atoms with van der Waals surface area (Å²) in [6.07, 6.45) is 0.286. The minimum atomic E-state index is -0.292. The Morgan fingerprint density at radius 1 is 0.964 bits per heavy atom.